The Hall–Kier alpha value is -3.50. The molecule has 1 aliphatic heterocycles. The topological polar surface area (TPSA) is 114 Å². The summed E-state index contributed by atoms with van der Waals surface area (Å²) in [5, 5.41) is 24.7. The van der Waals surface area contributed by atoms with Crippen molar-refractivity contribution in [3.8, 4) is 5.75 Å². The second-order valence-electron chi connectivity index (χ2n) is 7.64. The molecule has 9 nitrogen and oxygen atoms in total. The molecule has 1 heterocycles. The first-order valence-electron chi connectivity index (χ1n) is 10.2. The molecule has 1 aliphatic rings. The number of nitro benzene ring substituents is 1. The summed E-state index contributed by atoms with van der Waals surface area (Å²) in [6.07, 6.45) is 0. The van der Waals surface area contributed by atoms with Crippen molar-refractivity contribution in [2.75, 3.05) is 25.2 Å². The van der Waals surface area contributed by atoms with Crippen molar-refractivity contribution < 1.29 is 24.3 Å². The Labute approximate surface area is 196 Å². The van der Waals surface area contributed by atoms with E-state index in [-0.39, 0.29) is 18.8 Å². The van der Waals surface area contributed by atoms with Gasteiger partial charge in [-0.15, -0.1) is 0 Å². The van der Waals surface area contributed by atoms with Crippen LogP contribution in [0.1, 0.15) is 29.7 Å². The Morgan fingerprint density at radius 1 is 1.21 bits per heavy atom. The SMILES string of the molecule is COCCOC(=O)C1=C(C)N(c2cc(C)ccc2C)C(=S)NC1c1ccc(O)c([N+](=O)[O-])c1. The lowest BCUT2D eigenvalue weighted by Gasteiger charge is -2.38. The third-order valence-corrected chi connectivity index (χ3v) is 5.66. The Bertz CT molecular complexity index is 1150. The number of nitrogens with zero attached hydrogens (tertiary/aromatic N) is 2. The van der Waals surface area contributed by atoms with Crippen LogP contribution < -0.4 is 10.2 Å². The number of phenols is 1. The minimum Gasteiger partial charge on any atom is -0.502 e. The molecule has 0 saturated heterocycles. The molecular formula is C23H25N3O6S. The van der Waals surface area contributed by atoms with Crippen molar-refractivity contribution in [2.24, 2.45) is 0 Å². The molecule has 10 heteroatoms. The minimum absolute atomic E-state index is 0.0441. The molecule has 2 aromatic carbocycles. The van der Waals surface area contributed by atoms with Gasteiger partial charge >= 0.3 is 11.7 Å². The van der Waals surface area contributed by atoms with Crippen molar-refractivity contribution in [1.29, 1.82) is 0 Å². The van der Waals surface area contributed by atoms with Gasteiger partial charge in [0.1, 0.15) is 6.61 Å². The highest BCUT2D eigenvalue weighted by atomic mass is 32.1. The molecule has 0 bridgehead atoms. The van der Waals surface area contributed by atoms with E-state index in [9.17, 15) is 20.0 Å². The van der Waals surface area contributed by atoms with Crippen molar-refractivity contribution in [3.63, 3.8) is 0 Å². The zero-order valence-corrected chi connectivity index (χ0v) is 19.6. The summed E-state index contributed by atoms with van der Waals surface area (Å²) >= 11 is 5.65. The molecule has 2 aromatic rings. The molecule has 0 aromatic heterocycles. The van der Waals surface area contributed by atoms with Crippen LogP contribution >= 0.6 is 12.2 Å². The number of aryl methyl sites for hydroxylation is 2. The third-order valence-electron chi connectivity index (χ3n) is 5.36. The van der Waals surface area contributed by atoms with Gasteiger partial charge in [-0.25, -0.2) is 4.79 Å². The van der Waals surface area contributed by atoms with E-state index in [1.54, 1.807) is 11.8 Å². The smallest absolute Gasteiger partial charge is 0.338 e. The van der Waals surface area contributed by atoms with Crippen LogP contribution in [0.2, 0.25) is 0 Å². The first-order valence-corrected chi connectivity index (χ1v) is 10.6. The molecule has 33 heavy (non-hydrogen) atoms. The Morgan fingerprint density at radius 3 is 2.61 bits per heavy atom. The number of carbonyl (C=O) groups is 1. The first-order chi connectivity index (χ1) is 15.6. The van der Waals surface area contributed by atoms with Crippen LogP contribution in [0.25, 0.3) is 0 Å². The largest absolute Gasteiger partial charge is 0.502 e. The number of hydrogen-bond acceptors (Lipinski definition) is 7. The number of nitrogens with one attached hydrogen (secondary N) is 1. The average molecular weight is 472 g/mol. The van der Waals surface area contributed by atoms with Gasteiger partial charge in [-0.1, -0.05) is 18.2 Å². The minimum atomic E-state index is -0.812. The van der Waals surface area contributed by atoms with Gasteiger partial charge in [0.05, 0.1) is 28.8 Å². The number of esters is 1. The average Bonchev–Trinajstić information content (AvgIpc) is 2.76. The highest BCUT2D eigenvalue weighted by molar-refractivity contribution is 7.80. The number of allylic oxidation sites excluding steroid dienone is 1. The fraction of sp³-hybridized carbons (Fsp3) is 0.304. The lowest BCUT2D eigenvalue weighted by molar-refractivity contribution is -0.385. The number of thiocarbonyl (C=S) groups is 1. The van der Waals surface area contributed by atoms with E-state index in [1.807, 2.05) is 32.0 Å². The van der Waals surface area contributed by atoms with Crippen molar-refractivity contribution >= 4 is 34.7 Å². The van der Waals surface area contributed by atoms with Crippen LogP contribution in [-0.4, -0.2) is 41.4 Å². The van der Waals surface area contributed by atoms with E-state index in [0.29, 0.717) is 16.4 Å². The van der Waals surface area contributed by atoms with E-state index in [0.717, 1.165) is 16.8 Å². The van der Waals surface area contributed by atoms with Gasteiger partial charge in [0, 0.05) is 18.9 Å². The molecule has 0 radical (unpaired) electrons. The lowest BCUT2D eigenvalue weighted by atomic mass is 9.94. The number of hydrogen-bond donors (Lipinski definition) is 2. The molecule has 1 unspecified atom stereocenters. The predicted molar refractivity (Wildman–Crippen MR) is 127 cm³/mol. The van der Waals surface area contributed by atoms with E-state index in [2.05, 4.69) is 5.32 Å². The molecule has 0 amide bonds. The zero-order valence-electron chi connectivity index (χ0n) is 18.7. The molecule has 0 aliphatic carbocycles. The van der Waals surface area contributed by atoms with Crippen molar-refractivity contribution in [3.05, 3.63) is 74.5 Å². The first kappa shape index (κ1) is 24.1. The second kappa shape index (κ2) is 9.97. The maximum absolute atomic E-state index is 13.2. The standard InChI is InChI=1S/C23H25N3O6S/c1-13-5-6-14(2)17(11-13)25-15(3)20(22(28)32-10-9-31-4)21(24-23(25)33)16-7-8-19(27)18(12-16)26(29)30/h5-8,11-12,21,27H,9-10H2,1-4H3,(H,24,33). The molecule has 2 N–H and O–H groups in total. The number of aromatic hydroxyl groups is 1. The Balaban J connectivity index is 2.16. The number of methoxy groups -OCH3 is 1. The van der Waals surface area contributed by atoms with E-state index in [1.165, 1.54) is 25.3 Å². The number of ether oxygens (including phenoxy) is 2. The Morgan fingerprint density at radius 2 is 1.94 bits per heavy atom. The normalized spacial score (nSPS) is 15.9. The van der Waals surface area contributed by atoms with Gasteiger partial charge in [-0.05, 0) is 61.8 Å². The van der Waals surface area contributed by atoms with Crippen LogP contribution in [0.3, 0.4) is 0 Å². The maximum atomic E-state index is 13.2. The fourth-order valence-corrected chi connectivity index (χ4v) is 4.02. The molecule has 174 valence electrons. The number of benzene rings is 2. The van der Waals surface area contributed by atoms with Crippen LogP contribution in [0, 0.1) is 24.0 Å². The summed E-state index contributed by atoms with van der Waals surface area (Å²) < 4.78 is 10.4. The number of phenolic OH excluding ortho intramolecular Hbond substituents is 1. The highest BCUT2D eigenvalue weighted by Crippen LogP contribution is 2.38. The quantitative estimate of drug-likeness (QED) is 0.204. The van der Waals surface area contributed by atoms with Crippen LogP contribution in [0.4, 0.5) is 11.4 Å². The number of rotatable bonds is 7. The van der Waals surface area contributed by atoms with Crippen LogP contribution in [0.5, 0.6) is 5.75 Å². The maximum Gasteiger partial charge on any atom is 0.338 e. The molecule has 0 fully saturated rings. The summed E-state index contributed by atoms with van der Waals surface area (Å²) in [6, 6.07) is 9.05. The van der Waals surface area contributed by atoms with E-state index >= 15 is 0 Å². The van der Waals surface area contributed by atoms with Crippen molar-refractivity contribution in [2.45, 2.75) is 26.8 Å². The molecule has 3 rings (SSSR count). The lowest BCUT2D eigenvalue weighted by Crippen LogP contribution is -2.48. The summed E-state index contributed by atoms with van der Waals surface area (Å²) in [5.41, 5.74) is 3.49. The highest BCUT2D eigenvalue weighted by Gasteiger charge is 2.36. The molecule has 0 saturated carbocycles. The molecular weight excluding hydrogens is 446 g/mol. The van der Waals surface area contributed by atoms with Gasteiger partial charge in [-0.2, -0.15) is 0 Å². The zero-order chi connectivity index (χ0) is 24.3. The van der Waals surface area contributed by atoms with E-state index < -0.39 is 28.4 Å². The monoisotopic (exact) mass is 471 g/mol. The fourth-order valence-electron chi connectivity index (χ4n) is 3.67. The van der Waals surface area contributed by atoms with Gasteiger partial charge in [-0.3, -0.25) is 15.0 Å². The number of nitro groups is 1. The van der Waals surface area contributed by atoms with Gasteiger partial charge in [0.2, 0.25) is 0 Å². The van der Waals surface area contributed by atoms with Gasteiger partial charge in [0.25, 0.3) is 0 Å². The number of carbonyl (C=O) groups excluding carboxylic acids is 1. The number of anilines is 1. The summed E-state index contributed by atoms with van der Waals surface area (Å²) in [4.78, 5) is 25.6. The summed E-state index contributed by atoms with van der Waals surface area (Å²) in [6.45, 7) is 5.92. The van der Waals surface area contributed by atoms with Gasteiger partial charge in [0.15, 0.2) is 10.9 Å². The van der Waals surface area contributed by atoms with E-state index in [4.69, 9.17) is 21.7 Å². The summed E-state index contributed by atoms with van der Waals surface area (Å²) in [7, 11) is 1.50. The Kier molecular flexibility index (Phi) is 7.29. The second-order valence-corrected chi connectivity index (χ2v) is 8.03. The third kappa shape index (κ3) is 4.96. The molecule has 1 atom stereocenters. The van der Waals surface area contributed by atoms with Crippen LogP contribution in [-0.2, 0) is 14.3 Å². The van der Waals surface area contributed by atoms with Crippen LogP contribution in [0.15, 0.2) is 47.7 Å². The predicted octanol–water partition coefficient (Wildman–Crippen LogP) is 3.82. The summed E-state index contributed by atoms with van der Waals surface area (Å²) in [5.74, 6) is -1.07. The van der Waals surface area contributed by atoms with Crippen molar-refractivity contribution in [1.82, 2.24) is 5.32 Å². The van der Waals surface area contributed by atoms with Gasteiger partial charge < -0.3 is 19.9 Å². The molecule has 0 spiro atoms.